The predicted molar refractivity (Wildman–Crippen MR) is 76.7 cm³/mol. The Bertz CT molecular complexity index is 572. The number of hydrogen-bond acceptors (Lipinski definition) is 1. The lowest BCUT2D eigenvalue weighted by atomic mass is 9.93. The molecule has 104 valence electrons. The van der Waals surface area contributed by atoms with E-state index in [1.54, 1.807) is 0 Å². The van der Waals surface area contributed by atoms with Crippen molar-refractivity contribution in [3.63, 3.8) is 0 Å². The Hall–Kier alpha value is -1.77. The molecule has 0 atom stereocenters. The molecule has 0 radical (unpaired) electrons. The second kappa shape index (κ2) is 6.60. The molecule has 3 heteroatoms. The molecule has 0 spiro atoms. The van der Waals surface area contributed by atoms with Crippen molar-refractivity contribution < 1.29 is 22.9 Å². The van der Waals surface area contributed by atoms with Crippen LogP contribution in [0.2, 0.25) is 0 Å². The van der Waals surface area contributed by atoms with Crippen molar-refractivity contribution >= 4 is 5.57 Å². The Balaban J connectivity index is 0.00000147. The van der Waals surface area contributed by atoms with E-state index in [1.807, 2.05) is 12.1 Å². The molecule has 0 aromatic heterocycles. The average Bonchev–Trinajstić information content (AvgIpc) is 2.62. The van der Waals surface area contributed by atoms with Crippen molar-refractivity contribution in [1.82, 2.24) is 0 Å². The molecule has 0 unspecified atom stereocenters. The van der Waals surface area contributed by atoms with Crippen LogP contribution >= 0.6 is 0 Å². The van der Waals surface area contributed by atoms with Crippen LogP contribution in [0.4, 0.5) is 0 Å². The molecule has 2 aromatic rings. The van der Waals surface area contributed by atoms with E-state index in [1.165, 1.54) is 22.3 Å². The van der Waals surface area contributed by atoms with Gasteiger partial charge in [-0.05, 0) is 22.8 Å². The number of halogens is 1. The van der Waals surface area contributed by atoms with Crippen LogP contribution < -0.4 is 22.9 Å². The molecule has 3 N–H and O–H groups in total. The molecule has 1 aliphatic heterocycles. The number of para-hydroxylation sites is 1. The van der Waals surface area contributed by atoms with Crippen molar-refractivity contribution in [1.29, 1.82) is 0 Å². The van der Waals surface area contributed by atoms with Crippen molar-refractivity contribution in [2.24, 2.45) is 0 Å². The zero-order valence-electron chi connectivity index (χ0n) is 11.3. The minimum atomic E-state index is 0. The Morgan fingerprint density at radius 1 is 1.00 bits per heavy atom. The standard InChI is InChI=1S/C17H17NO.ClH/c18-11-5-9-15-14-7-2-1-6-13(14)12-19-17-10-4-3-8-16(15)17;/h1-4,6-10H,5,11-12,18H2;1H/b15-9-;. The molecule has 1 heterocycles. The monoisotopic (exact) mass is 287 g/mol. The molecular formula is C17H18ClNO. The van der Waals surface area contributed by atoms with Crippen LogP contribution in [0.3, 0.4) is 0 Å². The molecule has 0 saturated carbocycles. The highest BCUT2D eigenvalue weighted by Crippen LogP contribution is 2.36. The predicted octanol–water partition coefficient (Wildman–Crippen LogP) is -0.353. The van der Waals surface area contributed by atoms with Gasteiger partial charge in [0, 0.05) is 12.0 Å². The lowest BCUT2D eigenvalue weighted by molar-refractivity contribution is -0.365. The summed E-state index contributed by atoms with van der Waals surface area (Å²) in [6, 6.07) is 16.7. The van der Waals surface area contributed by atoms with Crippen molar-refractivity contribution in [2.45, 2.75) is 13.0 Å². The fourth-order valence-electron chi connectivity index (χ4n) is 2.49. The van der Waals surface area contributed by atoms with Crippen molar-refractivity contribution in [3.05, 3.63) is 71.3 Å². The smallest absolute Gasteiger partial charge is 0.127 e. The zero-order valence-corrected chi connectivity index (χ0v) is 12.1. The summed E-state index contributed by atoms with van der Waals surface area (Å²) in [5.74, 6) is 0.967. The highest BCUT2D eigenvalue weighted by molar-refractivity contribution is 5.84. The lowest BCUT2D eigenvalue weighted by Crippen LogP contribution is -3.00. The topological polar surface area (TPSA) is 36.9 Å². The van der Waals surface area contributed by atoms with E-state index in [9.17, 15) is 0 Å². The SMILES string of the molecule is [Cl-].[NH3+]CC/C=C1/c2ccccc2COc2ccccc21. The van der Waals surface area contributed by atoms with Crippen LogP contribution in [0.25, 0.3) is 5.57 Å². The first-order valence-corrected chi connectivity index (χ1v) is 6.70. The van der Waals surface area contributed by atoms with E-state index in [4.69, 9.17) is 4.74 Å². The zero-order chi connectivity index (χ0) is 13.1. The summed E-state index contributed by atoms with van der Waals surface area (Å²) in [5.41, 5.74) is 8.90. The van der Waals surface area contributed by atoms with Gasteiger partial charge in [-0.3, -0.25) is 0 Å². The van der Waals surface area contributed by atoms with E-state index in [0.29, 0.717) is 6.61 Å². The van der Waals surface area contributed by atoms with Crippen LogP contribution in [0.15, 0.2) is 54.6 Å². The number of ether oxygens (including phenoxy) is 1. The molecule has 0 aliphatic carbocycles. The summed E-state index contributed by atoms with van der Waals surface area (Å²) >= 11 is 0. The van der Waals surface area contributed by atoms with Crippen LogP contribution in [0, 0.1) is 0 Å². The molecule has 2 aromatic carbocycles. The molecule has 0 amide bonds. The minimum Gasteiger partial charge on any atom is -1.00 e. The van der Waals surface area contributed by atoms with Gasteiger partial charge in [0.05, 0.1) is 6.54 Å². The third kappa shape index (κ3) is 2.72. The first kappa shape index (κ1) is 14.6. The Labute approximate surface area is 125 Å². The third-order valence-electron chi connectivity index (χ3n) is 3.42. The van der Waals surface area contributed by atoms with Gasteiger partial charge in [-0.25, -0.2) is 0 Å². The molecule has 20 heavy (non-hydrogen) atoms. The molecule has 1 aliphatic rings. The number of benzene rings is 2. The van der Waals surface area contributed by atoms with E-state index in [0.717, 1.165) is 18.7 Å². The maximum atomic E-state index is 5.93. The third-order valence-corrected chi connectivity index (χ3v) is 3.42. The lowest BCUT2D eigenvalue weighted by Gasteiger charge is -2.09. The Kier molecular flexibility index (Phi) is 4.83. The van der Waals surface area contributed by atoms with Crippen LogP contribution in [0.5, 0.6) is 5.75 Å². The number of rotatable bonds is 2. The molecule has 0 bridgehead atoms. The average molecular weight is 288 g/mol. The summed E-state index contributed by atoms with van der Waals surface area (Å²) in [4.78, 5) is 0. The van der Waals surface area contributed by atoms with Gasteiger partial charge in [0.15, 0.2) is 0 Å². The molecule has 2 nitrogen and oxygen atoms in total. The Morgan fingerprint density at radius 2 is 1.70 bits per heavy atom. The quantitative estimate of drug-likeness (QED) is 0.805. The van der Waals surface area contributed by atoms with Crippen LogP contribution in [0.1, 0.15) is 23.1 Å². The first-order valence-electron chi connectivity index (χ1n) is 6.70. The number of hydrogen-bond donors (Lipinski definition) is 1. The fraction of sp³-hybridized carbons (Fsp3) is 0.176. The van der Waals surface area contributed by atoms with Crippen LogP contribution in [-0.4, -0.2) is 6.54 Å². The molecule has 0 saturated heterocycles. The summed E-state index contributed by atoms with van der Waals surface area (Å²) in [6.45, 7) is 1.55. The fourth-order valence-corrected chi connectivity index (χ4v) is 2.49. The highest BCUT2D eigenvalue weighted by Gasteiger charge is 2.17. The normalized spacial score (nSPS) is 14.6. The van der Waals surface area contributed by atoms with Gasteiger partial charge in [0.2, 0.25) is 0 Å². The van der Waals surface area contributed by atoms with E-state index in [-0.39, 0.29) is 12.4 Å². The van der Waals surface area contributed by atoms with Crippen molar-refractivity contribution in [2.75, 3.05) is 6.54 Å². The van der Waals surface area contributed by atoms with Gasteiger partial charge >= 0.3 is 0 Å². The minimum absolute atomic E-state index is 0. The van der Waals surface area contributed by atoms with Gasteiger partial charge in [-0.2, -0.15) is 0 Å². The molecular weight excluding hydrogens is 270 g/mol. The largest absolute Gasteiger partial charge is 1.00 e. The second-order valence-corrected chi connectivity index (χ2v) is 4.70. The number of quaternary nitrogens is 1. The van der Waals surface area contributed by atoms with Crippen molar-refractivity contribution in [3.8, 4) is 5.75 Å². The summed E-state index contributed by atoms with van der Waals surface area (Å²) in [5, 5.41) is 0. The van der Waals surface area contributed by atoms with Gasteiger partial charge in [0.25, 0.3) is 0 Å². The van der Waals surface area contributed by atoms with Gasteiger partial charge in [-0.1, -0.05) is 48.5 Å². The summed E-state index contributed by atoms with van der Waals surface area (Å²) < 4.78 is 5.93. The van der Waals surface area contributed by atoms with Gasteiger partial charge in [0.1, 0.15) is 12.4 Å². The first-order chi connectivity index (χ1) is 9.40. The maximum Gasteiger partial charge on any atom is 0.127 e. The summed E-state index contributed by atoms with van der Waals surface area (Å²) in [6.07, 6.45) is 3.26. The Morgan fingerprint density at radius 3 is 2.50 bits per heavy atom. The van der Waals surface area contributed by atoms with Crippen LogP contribution in [-0.2, 0) is 6.61 Å². The second-order valence-electron chi connectivity index (χ2n) is 4.70. The van der Waals surface area contributed by atoms with Gasteiger partial charge < -0.3 is 22.9 Å². The molecule has 3 rings (SSSR count). The van der Waals surface area contributed by atoms with E-state index >= 15 is 0 Å². The van der Waals surface area contributed by atoms with E-state index in [2.05, 4.69) is 48.2 Å². The molecule has 0 fully saturated rings. The van der Waals surface area contributed by atoms with E-state index < -0.39 is 0 Å². The summed E-state index contributed by atoms with van der Waals surface area (Å²) in [7, 11) is 0. The highest BCUT2D eigenvalue weighted by atomic mass is 35.5. The number of fused-ring (bicyclic) bond motifs is 2. The van der Waals surface area contributed by atoms with Gasteiger partial charge in [-0.15, -0.1) is 0 Å². The maximum absolute atomic E-state index is 5.93.